The van der Waals surface area contributed by atoms with Crippen molar-refractivity contribution in [3.05, 3.63) is 35.4 Å². The van der Waals surface area contributed by atoms with Crippen LogP contribution in [0.3, 0.4) is 0 Å². The molecule has 2 N–H and O–H groups in total. The van der Waals surface area contributed by atoms with Crippen molar-refractivity contribution in [2.45, 2.75) is 24.2 Å². The molecule has 134 valence electrons. The molecule has 0 spiro atoms. The molecule has 1 saturated carbocycles. The van der Waals surface area contributed by atoms with Gasteiger partial charge in [-0.3, -0.25) is 14.4 Å². The molecular weight excluding hydrogens is 365 g/mol. The molecule has 0 radical (unpaired) electrons. The van der Waals surface area contributed by atoms with Crippen LogP contribution in [0.15, 0.2) is 24.3 Å². The predicted molar refractivity (Wildman–Crippen MR) is 94.4 cm³/mol. The second-order valence-corrected chi connectivity index (χ2v) is 8.15. The van der Waals surface area contributed by atoms with Gasteiger partial charge in [-0.2, -0.15) is 0 Å². The smallest absolute Gasteiger partial charge is 0.254 e. The maximum Gasteiger partial charge on any atom is 0.254 e. The highest BCUT2D eigenvalue weighted by molar-refractivity contribution is 6.53. The minimum atomic E-state index is -0.992. The number of hydrogen-bond donors (Lipinski definition) is 2. The zero-order valence-electron chi connectivity index (χ0n) is 13.8. The topological polar surface area (TPSA) is 78.5 Å². The zero-order valence-corrected chi connectivity index (χ0v) is 15.3. The minimum absolute atomic E-state index is 0.0772. The summed E-state index contributed by atoms with van der Waals surface area (Å²) in [6.07, 6.45) is 0.436. The number of hydrogen-bond acceptors (Lipinski definition) is 3. The first-order valence-corrected chi connectivity index (χ1v) is 8.80. The second kappa shape index (κ2) is 6.50. The van der Waals surface area contributed by atoms with Crippen molar-refractivity contribution in [3.63, 3.8) is 0 Å². The number of amides is 3. The molecule has 6 nitrogen and oxygen atoms in total. The van der Waals surface area contributed by atoms with Gasteiger partial charge >= 0.3 is 0 Å². The van der Waals surface area contributed by atoms with Gasteiger partial charge < -0.3 is 15.5 Å². The van der Waals surface area contributed by atoms with E-state index in [0.717, 1.165) is 5.56 Å². The Morgan fingerprint density at radius 1 is 1.28 bits per heavy atom. The number of nitrogens with one attached hydrogen (secondary N) is 2. The van der Waals surface area contributed by atoms with Crippen molar-refractivity contribution in [3.8, 4) is 0 Å². The maximum absolute atomic E-state index is 12.4. The van der Waals surface area contributed by atoms with Crippen molar-refractivity contribution in [1.29, 1.82) is 0 Å². The molecule has 2 fully saturated rings. The van der Waals surface area contributed by atoms with Gasteiger partial charge in [-0.25, -0.2) is 0 Å². The molecule has 1 aromatic carbocycles. The average Bonchev–Trinajstić information content (AvgIpc) is 3.12. The van der Waals surface area contributed by atoms with Gasteiger partial charge in [-0.1, -0.05) is 12.1 Å². The van der Waals surface area contributed by atoms with Crippen LogP contribution >= 0.6 is 23.2 Å². The fourth-order valence-corrected chi connectivity index (χ4v) is 3.49. The molecule has 1 aromatic rings. The van der Waals surface area contributed by atoms with E-state index in [1.807, 2.05) is 0 Å². The minimum Gasteiger partial charge on any atom is -0.353 e. The predicted octanol–water partition coefficient (Wildman–Crippen LogP) is 1.46. The standard InChI is InChI=1S/C17H19Cl2N3O3/c1-16(10-17(16,18)19)15(25)21-8-11-2-4-12(5-3-11)14(24)22-7-6-20-13(23)9-22/h2-5H,6-10H2,1H3,(H,20,23)(H,21,25)/t16-/m0/s1. The molecule has 2 aliphatic rings. The SMILES string of the molecule is C[C@@]1(C(=O)NCc2ccc(C(=O)N3CCNC(=O)C3)cc2)CC1(Cl)Cl. The van der Waals surface area contributed by atoms with E-state index in [-0.39, 0.29) is 24.3 Å². The Balaban J connectivity index is 1.56. The van der Waals surface area contributed by atoms with Crippen LogP contribution < -0.4 is 10.6 Å². The first-order chi connectivity index (χ1) is 11.7. The van der Waals surface area contributed by atoms with Gasteiger partial charge in [0, 0.05) is 25.2 Å². The third-order valence-electron chi connectivity index (χ3n) is 4.74. The Morgan fingerprint density at radius 3 is 2.48 bits per heavy atom. The van der Waals surface area contributed by atoms with Crippen LogP contribution in [0.2, 0.25) is 0 Å². The molecule has 3 rings (SSSR count). The number of carbonyl (C=O) groups is 3. The highest BCUT2D eigenvalue weighted by Crippen LogP contribution is 2.63. The normalized spacial score (nSPS) is 24.4. The molecule has 8 heteroatoms. The van der Waals surface area contributed by atoms with E-state index >= 15 is 0 Å². The maximum atomic E-state index is 12.4. The Morgan fingerprint density at radius 2 is 1.92 bits per heavy atom. The van der Waals surface area contributed by atoms with Crippen LogP contribution in [0.1, 0.15) is 29.3 Å². The molecule has 1 saturated heterocycles. The summed E-state index contributed by atoms with van der Waals surface area (Å²) in [7, 11) is 0. The third kappa shape index (κ3) is 3.60. The molecule has 0 unspecified atom stereocenters. The quantitative estimate of drug-likeness (QED) is 0.772. The lowest BCUT2D eigenvalue weighted by Gasteiger charge is -2.26. The van der Waals surface area contributed by atoms with E-state index in [1.54, 1.807) is 31.2 Å². The lowest BCUT2D eigenvalue weighted by molar-refractivity contribution is -0.126. The van der Waals surface area contributed by atoms with E-state index in [4.69, 9.17) is 23.2 Å². The summed E-state index contributed by atoms with van der Waals surface area (Å²) in [5.74, 6) is -0.510. The Hall–Kier alpha value is -1.79. The summed E-state index contributed by atoms with van der Waals surface area (Å²) in [4.78, 5) is 37.4. The van der Waals surface area contributed by atoms with E-state index in [9.17, 15) is 14.4 Å². The van der Waals surface area contributed by atoms with E-state index < -0.39 is 9.75 Å². The Bertz CT molecular complexity index is 720. The number of alkyl halides is 2. The van der Waals surface area contributed by atoms with Gasteiger partial charge in [0.05, 0.1) is 12.0 Å². The van der Waals surface area contributed by atoms with Gasteiger partial charge in [0.25, 0.3) is 5.91 Å². The lowest BCUT2D eigenvalue weighted by atomic mass is 10.1. The Kier molecular flexibility index (Phi) is 4.68. The first kappa shape index (κ1) is 18.0. The summed E-state index contributed by atoms with van der Waals surface area (Å²) in [6, 6.07) is 6.95. The van der Waals surface area contributed by atoms with Gasteiger partial charge in [-0.15, -0.1) is 23.2 Å². The van der Waals surface area contributed by atoms with Gasteiger partial charge in [0.15, 0.2) is 0 Å². The molecule has 1 heterocycles. The number of benzene rings is 1. The number of piperazine rings is 1. The molecule has 1 aliphatic heterocycles. The van der Waals surface area contributed by atoms with Crippen molar-refractivity contribution in [2.24, 2.45) is 5.41 Å². The number of nitrogens with zero attached hydrogens (tertiary/aromatic N) is 1. The molecule has 25 heavy (non-hydrogen) atoms. The molecule has 3 amide bonds. The van der Waals surface area contributed by atoms with Crippen molar-refractivity contribution < 1.29 is 14.4 Å². The van der Waals surface area contributed by atoms with E-state index in [0.29, 0.717) is 31.6 Å². The molecule has 1 aliphatic carbocycles. The number of rotatable bonds is 4. The second-order valence-electron chi connectivity index (χ2n) is 6.67. The highest BCUT2D eigenvalue weighted by Gasteiger charge is 2.67. The fourth-order valence-electron chi connectivity index (χ4n) is 2.78. The van der Waals surface area contributed by atoms with Crippen LogP contribution in [0.5, 0.6) is 0 Å². The van der Waals surface area contributed by atoms with Crippen LogP contribution in [-0.4, -0.2) is 46.6 Å². The zero-order chi connectivity index (χ0) is 18.2. The van der Waals surface area contributed by atoms with Gasteiger partial charge in [0.1, 0.15) is 4.33 Å². The van der Waals surface area contributed by atoms with Crippen LogP contribution in [-0.2, 0) is 16.1 Å². The lowest BCUT2D eigenvalue weighted by Crippen LogP contribution is -2.49. The van der Waals surface area contributed by atoms with Crippen LogP contribution in [0.4, 0.5) is 0 Å². The monoisotopic (exact) mass is 383 g/mol. The van der Waals surface area contributed by atoms with Crippen molar-refractivity contribution in [1.82, 2.24) is 15.5 Å². The molecular formula is C17H19Cl2N3O3. The van der Waals surface area contributed by atoms with E-state index in [1.165, 1.54) is 4.90 Å². The summed E-state index contributed by atoms with van der Waals surface area (Å²) in [5, 5.41) is 5.50. The van der Waals surface area contributed by atoms with Crippen LogP contribution in [0.25, 0.3) is 0 Å². The summed E-state index contributed by atoms with van der Waals surface area (Å²) in [5.41, 5.74) is 0.626. The van der Waals surface area contributed by atoms with Crippen molar-refractivity contribution >= 4 is 40.9 Å². The Labute approximate surface area is 155 Å². The van der Waals surface area contributed by atoms with Crippen molar-refractivity contribution in [2.75, 3.05) is 19.6 Å². The fraction of sp³-hybridized carbons (Fsp3) is 0.471. The highest BCUT2D eigenvalue weighted by atomic mass is 35.5. The average molecular weight is 384 g/mol. The third-order valence-corrected chi connectivity index (χ3v) is 5.84. The molecule has 1 atom stereocenters. The van der Waals surface area contributed by atoms with Gasteiger partial charge in [-0.05, 0) is 31.0 Å². The molecule has 0 aromatic heterocycles. The molecule has 0 bridgehead atoms. The summed E-state index contributed by atoms with van der Waals surface area (Å²) < 4.78 is -0.992. The number of halogens is 2. The van der Waals surface area contributed by atoms with Gasteiger partial charge in [0.2, 0.25) is 11.8 Å². The summed E-state index contributed by atoms with van der Waals surface area (Å²) >= 11 is 12.0. The first-order valence-electron chi connectivity index (χ1n) is 8.04. The number of carbonyl (C=O) groups excluding carboxylic acids is 3. The summed E-state index contributed by atoms with van der Waals surface area (Å²) in [6.45, 7) is 3.11. The largest absolute Gasteiger partial charge is 0.353 e. The van der Waals surface area contributed by atoms with E-state index in [2.05, 4.69) is 10.6 Å². The van der Waals surface area contributed by atoms with Crippen LogP contribution in [0, 0.1) is 5.41 Å².